The van der Waals surface area contributed by atoms with Gasteiger partial charge in [-0.1, -0.05) is 49.1 Å². The van der Waals surface area contributed by atoms with Gasteiger partial charge >= 0.3 is 0 Å². The van der Waals surface area contributed by atoms with E-state index in [4.69, 9.17) is 14.2 Å². The van der Waals surface area contributed by atoms with Crippen molar-refractivity contribution in [3.63, 3.8) is 0 Å². The Balaban J connectivity index is 1.58. The summed E-state index contributed by atoms with van der Waals surface area (Å²) in [6, 6.07) is 19.4. The molecule has 1 N–H and O–H groups in total. The summed E-state index contributed by atoms with van der Waals surface area (Å²) in [5, 5.41) is 3.26. The Labute approximate surface area is 223 Å². The van der Waals surface area contributed by atoms with Gasteiger partial charge in [0.1, 0.15) is 25.0 Å². The van der Waals surface area contributed by atoms with Gasteiger partial charge in [-0.2, -0.15) is 0 Å². The highest BCUT2D eigenvalue weighted by Crippen LogP contribution is 2.35. The van der Waals surface area contributed by atoms with Crippen LogP contribution in [0.4, 0.5) is 5.69 Å². The van der Waals surface area contributed by atoms with Crippen LogP contribution in [0.5, 0.6) is 17.2 Å². The summed E-state index contributed by atoms with van der Waals surface area (Å²) < 4.78 is 16.7. The molecule has 0 spiro atoms. The second-order valence-electron chi connectivity index (χ2n) is 9.89. The lowest BCUT2D eigenvalue weighted by atomic mass is 9.94. The summed E-state index contributed by atoms with van der Waals surface area (Å²) in [4.78, 5) is 29.9. The maximum atomic E-state index is 14.3. The quantitative estimate of drug-likeness (QED) is 0.443. The van der Waals surface area contributed by atoms with Gasteiger partial charge in [0.25, 0.3) is 5.91 Å². The summed E-state index contributed by atoms with van der Waals surface area (Å²) in [6.45, 7) is 2.88. The molecule has 1 saturated carbocycles. The Morgan fingerprint density at radius 3 is 2.26 bits per heavy atom. The Bertz CT molecular complexity index is 1270. The van der Waals surface area contributed by atoms with E-state index in [2.05, 4.69) is 5.32 Å². The molecule has 7 nitrogen and oxygen atoms in total. The molecule has 1 aliphatic heterocycles. The molecular formula is C31H34N2O5. The first-order chi connectivity index (χ1) is 18.5. The third kappa shape index (κ3) is 5.62. The lowest BCUT2D eigenvalue weighted by Gasteiger charge is -2.34. The molecule has 1 unspecified atom stereocenters. The lowest BCUT2D eigenvalue weighted by Crippen LogP contribution is -2.47. The Morgan fingerprint density at radius 2 is 1.58 bits per heavy atom. The van der Waals surface area contributed by atoms with Gasteiger partial charge in [-0.25, -0.2) is 0 Å². The zero-order chi connectivity index (χ0) is 26.5. The topological polar surface area (TPSA) is 77.1 Å². The van der Waals surface area contributed by atoms with Gasteiger partial charge < -0.3 is 19.5 Å². The van der Waals surface area contributed by atoms with Gasteiger partial charge in [-0.3, -0.25) is 14.5 Å². The van der Waals surface area contributed by atoms with Crippen molar-refractivity contribution >= 4 is 17.5 Å². The van der Waals surface area contributed by atoms with Crippen LogP contribution in [0.1, 0.15) is 59.6 Å². The monoisotopic (exact) mass is 514 g/mol. The highest BCUT2D eigenvalue weighted by Gasteiger charge is 2.35. The standard InChI is InChI=1S/C31H34N2O5/c1-21-8-13-25(14-9-21)33(31(35)23-12-17-27-28(20-23)38-19-18-37-27)29(22-10-15-26(36-2)16-11-22)30(34)32-24-6-4-3-5-7-24/h8-17,20,24,29H,3-7,18-19H2,1-2H3,(H,32,34). The van der Waals surface area contributed by atoms with Crippen molar-refractivity contribution in [3.8, 4) is 17.2 Å². The number of rotatable bonds is 7. The van der Waals surface area contributed by atoms with Crippen LogP contribution in [-0.4, -0.2) is 38.2 Å². The van der Waals surface area contributed by atoms with E-state index in [1.54, 1.807) is 30.2 Å². The minimum atomic E-state index is -0.883. The molecule has 1 aliphatic carbocycles. The van der Waals surface area contributed by atoms with E-state index in [0.29, 0.717) is 47.3 Å². The van der Waals surface area contributed by atoms with Gasteiger partial charge in [0.15, 0.2) is 11.5 Å². The first kappa shape index (κ1) is 25.6. The number of fused-ring (bicyclic) bond motifs is 1. The van der Waals surface area contributed by atoms with Gasteiger partial charge in [0.2, 0.25) is 5.91 Å². The summed E-state index contributed by atoms with van der Waals surface area (Å²) >= 11 is 0. The fourth-order valence-electron chi connectivity index (χ4n) is 5.14. The fourth-order valence-corrected chi connectivity index (χ4v) is 5.14. The average Bonchev–Trinajstić information content (AvgIpc) is 2.96. The van der Waals surface area contributed by atoms with E-state index in [0.717, 1.165) is 31.2 Å². The number of hydrogen-bond acceptors (Lipinski definition) is 5. The number of methoxy groups -OCH3 is 1. The molecule has 0 aromatic heterocycles. The van der Waals surface area contributed by atoms with Crippen LogP contribution in [0.2, 0.25) is 0 Å². The molecule has 3 aromatic rings. The number of benzene rings is 3. The van der Waals surface area contributed by atoms with Crippen LogP contribution < -0.4 is 24.4 Å². The second kappa shape index (κ2) is 11.6. The minimum Gasteiger partial charge on any atom is -0.497 e. The molecule has 38 heavy (non-hydrogen) atoms. The molecule has 2 amide bonds. The molecule has 0 saturated heterocycles. The zero-order valence-corrected chi connectivity index (χ0v) is 21.9. The highest BCUT2D eigenvalue weighted by molar-refractivity contribution is 6.10. The lowest BCUT2D eigenvalue weighted by molar-refractivity contribution is -0.123. The number of ether oxygens (including phenoxy) is 3. The van der Waals surface area contributed by atoms with Crippen molar-refractivity contribution in [3.05, 3.63) is 83.4 Å². The van der Waals surface area contributed by atoms with Gasteiger partial charge in [-0.15, -0.1) is 0 Å². The molecular weight excluding hydrogens is 480 g/mol. The smallest absolute Gasteiger partial charge is 0.259 e. The van der Waals surface area contributed by atoms with Crippen LogP contribution in [0.3, 0.4) is 0 Å². The largest absolute Gasteiger partial charge is 0.497 e. The van der Waals surface area contributed by atoms with E-state index in [1.165, 1.54) is 6.42 Å². The maximum absolute atomic E-state index is 14.3. The number of nitrogens with one attached hydrogen (secondary N) is 1. The average molecular weight is 515 g/mol. The molecule has 7 heteroatoms. The molecule has 1 atom stereocenters. The minimum absolute atomic E-state index is 0.0984. The molecule has 5 rings (SSSR count). The number of nitrogens with zero attached hydrogens (tertiary/aromatic N) is 1. The summed E-state index contributed by atoms with van der Waals surface area (Å²) in [5.74, 6) is 1.31. The number of anilines is 1. The van der Waals surface area contributed by atoms with Crippen LogP contribution >= 0.6 is 0 Å². The van der Waals surface area contributed by atoms with Crippen molar-refractivity contribution in [1.82, 2.24) is 5.32 Å². The molecule has 198 valence electrons. The highest BCUT2D eigenvalue weighted by atomic mass is 16.6. The number of amides is 2. The van der Waals surface area contributed by atoms with E-state index in [-0.39, 0.29) is 17.9 Å². The third-order valence-electron chi connectivity index (χ3n) is 7.21. The Kier molecular flexibility index (Phi) is 7.82. The molecule has 0 radical (unpaired) electrons. The SMILES string of the molecule is COc1ccc(C(C(=O)NC2CCCCC2)N(C(=O)c2ccc3c(c2)OCCO3)c2ccc(C)cc2)cc1. The summed E-state index contributed by atoms with van der Waals surface area (Å²) in [6.07, 6.45) is 5.27. The predicted molar refractivity (Wildman–Crippen MR) is 146 cm³/mol. The van der Waals surface area contributed by atoms with Crippen molar-refractivity contribution in [2.75, 3.05) is 25.2 Å². The van der Waals surface area contributed by atoms with E-state index >= 15 is 0 Å². The van der Waals surface area contributed by atoms with Crippen LogP contribution in [0.15, 0.2) is 66.7 Å². The Hall–Kier alpha value is -4.00. The van der Waals surface area contributed by atoms with Crippen LogP contribution in [-0.2, 0) is 4.79 Å². The van der Waals surface area contributed by atoms with E-state index < -0.39 is 6.04 Å². The second-order valence-corrected chi connectivity index (χ2v) is 9.89. The number of carbonyl (C=O) groups excluding carboxylic acids is 2. The van der Waals surface area contributed by atoms with Gasteiger partial charge in [0, 0.05) is 17.3 Å². The molecule has 1 heterocycles. The molecule has 3 aromatic carbocycles. The van der Waals surface area contributed by atoms with Crippen molar-refractivity contribution in [2.45, 2.75) is 51.1 Å². The van der Waals surface area contributed by atoms with Gasteiger partial charge in [-0.05, 0) is 67.8 Å². The molecule has 1 fully saturated rings. The molecule has 2 aliphatic rings. The van der Waals surface area contributed by atoms with Crippen LogP contribution in [0, 0.1) is 6.92 Å². The fraction of sp³-hybridized carbons (Fsp3) is 0.355. The summed E-state index contributed by atoms with van der Waals surface area (Å²) in [5.41, 5.74) is 2.81. The third-order valence-corrected chi connectivity index (χ3v) is 7.21. The van der Waals surface area contributed by atoms with Gasteiger partial charge in [0.05, 0.1) is 7.11 Å². The predicted octanol–water partition coefficient (Wildman–Crippen LogP) is 5.61. The Morgan fingerprint density at radius 1 is 0.895 bits per heavy atom. The van der Waals surface area contributed by atoms with Crippen molar-refractivity contribution < 1.29 is 23.8 Å². The number of aryl methyl sites for hydroxylation is 1. The summed E-state index contributed by atoms with van der Waals surface area (Å²) in [7, 11) is 1.60. The first-order valence-electron chi connectivity index (χ1n) is 13.3. The number of carbonyl (C=O) groups is 2. The van der Waals surface area contributed by atoms with Crippen molar-refractivity contribution in [2.24, 2.45) is 0 Å². The molecule has 0 bridgehead atoms. The van der Waals surface area contributed by atoms with E-state index in [9.17, 15) is 9.59 Å². The first-order valence-corrected chi connectivity index (χ1v) is 13.3. The van der Waals surface area contributed by atoms with E-state index in [1.807, 2.05) is 55.5 Å². The number of hydrogen-bond donors (Lipinski definition) is 1. The maximum Gasteiger partial charge on any atom is 0.259 e. The zero-order valence-electron chi connectivity index (χ0n) is 21.9. The normalized spacial score (nSPS) is 15.8. The van der Waals surface area contributed by atoms with Crippen LogP contribution in [0.25, 0.3) is 0 Å². The van der Waals surface area contributed by atoms with Crippen molar-refractivity contribution in [1.29, 1.82) is 0 Å².